The van der Waals surface area contributed by atoms with Gasteiger partial charge in [-0.1, -0.05) is 11.6 Å². The summed E-state index contributed by atoms with van der Waals surface area (Å²) in [6.07, 6.45) is 0.809. The Labute approximate surface area is 119 Å². The number of hydrogen-bond acceptors (Lipinski definition) is 4. The van der Waals surface area contributed by atoms with Gasteiger partial charge in [-0.15, -0.1) is 0 Å². The maximum Gasteiger partial charge on any atom is 0.126 e. The van der Waals surface area contributed by atoms with Crippen molar-refractivity contribution in [2.75, 3.05) is 25.0 Å². The average Bonchev–Trinajstić information content (AvgIpc) is 2.82. The zero-order valence-electron chi connectivity index (χ0n) is 11.6. The van der Waals surface area contributed by atoms with Gasteiger partial charge in [-0.3, -0.25) is 4.90 Å². The summed E-state index contributed by atoms with van der Waals surface area (Å²) >= 11 is 6.21. The number of nitrogens with one attached hydrogen (secondary N) is 1. The summed E-state index contributed by atoms with van der Waals surface area (Å²) < 4.78 is 0. The fourth-order valence-electron chi connectivity index (χ4n) is 2.49. The molecule has 2 heterocycles. The predicted molar refractivity (Wildman–Crippen MR) is 78.5 cm³/mol. The summed E-state index contributed by atoms with van der Waals surface area (Å²) in [6, 6.07) is 3.79. The summed E-state index contributed by atoms with van der Waals surface area (Å²) in [7, 11) is 0. The fraction of sp³-hybridized carbons (Fsp3) is 0.643. The molecule has 19 heavy (non-hydrogen) atoms. The van der Waals surface area contributed by atoms with Crippen LogP contribution in [0.2, 0.25) is 5.02 Å². The lowest BCUT2D eigenvalue weighted by atomic mass is 10.0. The summed E-state index contributed by atoms with van der Waals surface area (Å²) in [5, 5.41) is 13.5. The number of likely N-dealkylation sites (tertiary alicyclic amines) is 1. The maximum atomic E-state index is 9.63. The zero-order chi connectivity index (χ0) is 13.8. The number of nitrogens with zero attached hydrogens (tertiary/aromatic N) is 2. The highest BCUT2D eigenvalue weighted by Gasteiger charge is 2.26. The molecule has 4 nitrogen and oxygen atoms in total. The smallest absolute Gasteiger partial charge is 0.126 e. The van der Waals surface area contributed by atoms with Crippen molar-refractivity contribution >= 4 is 17.4 Å². The van der Waals surface area contributed by atoms with Gasteiger partial charge in [-0.2, -0.15) is 0 Å². The molecule has 1 aromatic heterocycles. The van der Waals surface area contributed by atoms with Crippen LogP contribution in [-0.4, -0.2) is 40.7 Å². The number of aliphatic hydroxyl groups is 1. The van der Waals surface area contributed by atoms with Crippen molar-refractivity contribution in [3.8, 4) is 0 Å². The number of rotatable bonds is 5. The van der Waals surface area contributed by atoms with Crippen molar-refractivity contribution in [1.29, 1.82) is 0 Å². The molecule has 0 aliphatic carbocycles. The maximum absolute atomic E-state index is 9.63. The Bertz CT molecular complexity index is 425. The second-order valence-electron chi connectivity index (χ2n) is 5.18. The van der Waals surface area contributed by atoms with Gasteiger partial charge in [0.1, 0.15) is 5.82 Å². The van der Waals surface area contributed by atoms with Crippen LogP contribution in [0.3, 0.4) is 0 Å². The van der Waals surface area contributed by atoms with Gasteiger partial charge in [0.05, 0.1) is 16.8 Å². The van der Waals surface area contributed by atoms with Crippen molar-refractivity contribution in [1.82, 2.24) is 9.88 Å². The minimum atomic E-state index is -0.235. The first-order chi connectivity index (χ1) is 9.10. The Morgan fingerprint density at radius 1 is 1.58 bits per heavy atom. The van der Waals surface area contributed by atoms with Gasteiger partial charge in [0.25, 0.3) is 0 Å². The molecule has 0 radical (unpaired) electrons. The van der Waals surface area contributed by atoms with Crippen molar-refractivity contribution < 1.29 is 5.11 Å². The van der Waals surface area contributed by atoms with Crippen LogP contribution in [0.1, 0.15) is 26.0 Å². The van der Waals surface area contributed by atoms with Crippen LogP contribution in [0.4, 0.5) is 5.82 Å². The topological polar surface area (TPSA) is 48.4 Å². The normalized spacial score (nSPS) is 21.6. The summed E-state index contributed by atoms with van der Waals surface area (Å²) in [5.74, 6) is 1.24. The molecule has 0 spiro atoms. The van der Waals surface area contributed by atoms with E-state index in [2.05, 4.69) is 15.2 Å². The van der Waals surface area contributed by atoms with E-state index in [1.807, 2.05) is 26.0 Å². The van der Waals surface area contributed by atoms with Crippen LogP contribution in [0.15, 0.2) is 12.1 Å². The molecule has 0 saturated carbocycles. The Kier molecular flexibility index (Phi) is 5.02. The van der Waals surface area contributed by atoms with Gasteiger partial charge in [0.2, 0.25) is 0 Å². The van der Waals surface area contributed by atoms with E-state index in [1.165, 1.54) is 0 Å². The van der Waals surface area contributed by atoms with Crippen LogP contribution in [-0.2, 0) is 6.54 Å². The third kappa shape index (κ3) is 3.81. The standard InChI is InChI=1S/C14H22ClN3O/c1-3-16-14-5-4-12(15)13(17-14)9-18-7-6-11(8-18)10(2)19/h4-5,10-11,19H,3,6-9H2,1-2H3,(H,16,17). The zero-order valence-corrected chi connectivity index (χ0v) is 12.3. The Balaban J connectivity index is 2.01. The molecule has 0 aromatic carbocycles. The van der Waals surface area contributed by atoms with Crippen LogP contribution in [0.25, 0.3) is 0 Å². The third-order valence-electron chi connectivity index (χ3n) is 3.64. The first kappa shape index (κ1) is 14.6. The molecule has 0 amide bonds. The first-order valence-electron chi connectivity index (χ1n) is 6.90. The van der Waals surface area contributed by atoms with Crippen molar-refractivity contribution in [3.05, 3.63) is 22.8 Å². The van der Waals surface area contributed by atoms with E-state index in [0.717, 1.165) is 44.1 Å². The Hall–Kier alpha value is -0.840. The number of halogens is 1. The monoisotopic (exact) mass is 283 g/mol. The van der Waals surface area contributed by atoms with E-state index in [9.17, 15) is 5.11 Å². The fourth-order valence-corrected chi connectivity index (χ4v) is 2.65. The Morgan fingerprint density at radius 3 is 3.00 bits per heavy atom. The van der Waals surface area contributed by atoms with Gasteiger partial charge >= 0.3 is 0 Å². The number of aromatic nitrogens is 1. The number of aliphatic hydroxyl groups excluding tert-OH is 1. The lowest BCUT2D eigenvalue weighted by Gasteiger charge is -2.18. The van der Waals surface area contributed by atoms with Crippen LogP contribution < -0.4 is 5.32 Å². The molecule has 1 aliphatic rings. The van der Waals surface area contributed by atoms with E-state index >= 15 is 0 Å². The highest BCUT2D eigenvalue weighted by Crippen LogP contribution is 2.24. The molecular weight excluding hydrogens is 262 g/mol. The number of anilines is 1. The van der Waals surface area contributed by atoms with Gasteiger partial charge in [0, 0.05) is 19.6 Å². The van der Waals surface area contributed by atoms with Crippen LogP contribution in [0.5, 0.6) is 0 Å². The second kappa shape index (κ2) is 6.55. The highest BCUT2D eigenvalue weighted by atomic mass is 35.5. The van der Waals surface area contributed by atoms with E-state index in [-0.39, 0.29) is 6.10 Å². The molecule has 1 aliphatic heterocycles. The molecule has 2 unspecified atom stereocenters. The third-order valence-corrected chi connectivity index (χ3v) is 3.99. The van der Waals surface area contributed by atoms with E-state index in [1.54, 1.807) is 0 Å². The van der Waals surface area contributed by atoms with E-state index < -0.39 is 0 Å². The minimum Gasteiger partial charge on any atom is -0.393 e. The number of pyridine rings is 1. The van der Waals surface area contributed by atoms with Gasteiger partial charge in [-0.25, -0.2) is 4.98 Å². The highest BCUT2D eigenvalue weighted by molar-refractivity contribution is 6.31. The predicted octanol–water partition coefficient (Wildman–Crippen LogP) is 2.37. The second-order valence-corrected chi connectivity index (χ2v) is 5.59. The largest absolute Gasteiger partial charge is 0.393 e. The lowest BCUT2D eigenvalue weighted by Crippen LogP contribution is -2.24. The van der Waals surface area contributed by atoms with E-state index in [0.29, 0.717) is 10.9 Å². The molecule has 0 bridgehead atoms. The molecule has 1 saturated heterocycles. The quantitative estimate of drug-likeness (QED) is 0.871. The molecular formula is C14H22ClN3O. The molecule has 5 heteroatoms. The minimum absolute atomic E-state index is 0.235. The summed E-state index contributed by atoms with van der Waals surface area (Å²) in [6.45, 7) is 7.43. The van der Waals surface area contributed by atoms with Crippen molar-refractivity contribution in [2.24, 2.45) is 5.92 Å². The molecule has 2 rings (SSSR count). The molecule has 1 fully saturated rings. The van der Waals surface area contributed by atoms with Crippen molar-refractivity contribution in [3.63, 3.8) is 0 Å². The van der Waals surface area contributed by atoms with Crippen molar-refractivity contribution in [2.45, 2.75) is 32.9 Å². The summed E-state index contributed by atoms with van der Waals surface area (Å²) in [4.78, 5) is 6.86. The average molecular weight is 284 g/mol. The molecule has 2 atom stereocenters. The van der Waals surface area contributed by atoms with Gasteiger partial charge in [0.15, 0.2) is 0 Å². The SMILES string of the molecule is CCNc1ccc(Cl)c(CN2CCC(C(C)O)C2)n1. The van der Waals surface area contributed by atoms with E-state index in [4.69, 9.17) is 11.6 Å². The van der Waals surface area contributed by atoms with Gasteiger partial charge in [-0.05, 0) is 44.9 Å². The lowest BCUT2D eigenvalue weighted by molar-refractivity contribution is 0.127. The Morgan fingerprint density at radius 2 is 2.37 bits per heavy atom. The summed E-state index contributed by atoms with van der Waals surface area (Å²) in [5.41, 5.74) is 0.909. The molecule has 106 valence electrons. The molecule has 2 N–H and O–H groups in total. The van der Waals surface area contributed by atoms with Gasteiger partial charge < -0.3 is 10.4 Å². The first-order valence-corrected chi connectivity index (χ1v) is 7.27. The number of hydrogen-bond donors (Lipinski definition) is 2. The molecule has 1 aromatic rings. The van der Waals surface area contributed by atoms with Crippen LogP contribution in [0, 0.1) is 5.92 Å². The van der Waals surface area contributed by atoms with Crippen LogP contribution >= 0.6 is 11.6 Å².